The van der Waals surface area contributed by atoms with Crippen molar-refractivity contribution in [2.24, 2.45) is 18.9 Å². The third kappa shape index (κ3) is 8.82. The molecule has 326 valence electrons. The van der Waals surface area contributed by atoms with E-state index in [1.54, 1.807) is 23.9 Å². The van der Waals surface area contributed by atoms with E-state index < -0.39 is 30.0 Å². The molecule has 7 heterocycles. The summed E-state index contributed by atoms with van der Waals surface area (Å²) in [6.45, 7) is 3.28. The molecule has 4 amide bonds. The van der Waals surface area contributed by atoms with Gasteiger partial charge in [0.25, 0.3) is 12.3 Å². The van der Waals surface area contributed by atoms with Crippen molar-refractivity contribution in [2.75, 3.05) is 31.5 Å². The van der Waals surface area contributed by atoms with Crippen molar-refractivity contribution in [3.05, 3.63) is 82.1 Å². The number of piperidine rings is 3. The number of fused-ring (bicyclic) bond motifs is 1. The molecule has 1 atom stereocenters. The normalized spacial score (nSPS) is 19.4. The minimum atomic E-state index is -2.92. The summed E-state index contributed by atoms with van der Waals surface area (Å²) in [7, 11) is 1.69. The minimum Gasteiger partial charge on any atom is -0.444 e. The average molecular weight is 853 g/mol. The number of hydrogen-bond acceptors (Lipinski definition) is 10. The van der Waals surface area contributed by atoms with Gasteiger partial charge in [-0.15, -0.1) is 0 Å². The number of nitrogens with one attached hydrogen (secondary N) is 2. The lowest BCUT2D eigenvalue weighted by Gasteiger charge is -2.35. The molecule has 5 aromatic rings. The van der Waals surface area contributed by atoms with Crippen molar-refractivity contribution in [2.45, 2.75) is 95.7 Å². The van der Waals surface area contributed by atoms with Gasteiger partial charge in [-0.25, -0.2) is 18.6 Å². The highest BCUT2D eigenvalue weighted by atomic mass is 19.3. The van der Waals surface area contributed by atoms with Gasteiger partial charge < -0.3 is 14.6 Å². The van der Waals surface area contributed by atoms with Crippen LogP contribution < -0.4 is 16.3 Å². The molecule has 3 aliphatic heterocycles. The SMILES string of the molecule is Cn1c(=O)n(C2CCC(=O)NC2=O)c2ccc(CN3CCC(CC(=O)N4CCC(n5cc(NC(=O)c6coc(-c7ccnc(CCC8CC8)c7)n6)c(C(F)F)n5)CC4)CC3)cc21. The Morgan fingerprint density at radius 3 is 2.48 bits per heavy atom. The molecule has 18 heteroatoms. The van der Waals surface area contributed by atoms with E-state index in [0.29, 0.717) is 50.0 Å². The topological polar surface area (TPSA) is 182 Å². The van der Waals surface area contributed by atoms with E-state index in [1.165, 1.54) is 34.6 Å². The summed E-state index contributed by atoms with van der Waals surface area (Å²) in [6.07, 6.45) is 9.58. The number of nitrogens with zero attached hydrogens (tertiary/aromatic N) is 8. The smallest absolute Gasteiger partial charge is 0.329 e. The van der Waals surface area contributed by atoms with Gasteiger partial charge in [-0.2, -0.15) is 5.10 Å². The van der Waals surface area contributed by atoms with Crippen molar-refractivity contribution >= 4 is 40.3 Å². The number of pyridine rings is 1. The zero-order valence-electron chi connectivity index (χ0n) is 34.6. The predicted octanol–water partition coefficient (Wildman–Crippen LogP) is 5.56. The number of likely N-dealkylation sites (tertiary alicyclic amines) is 2. The first kappa shape index (κ1) is 41.3. The molecule has 0 radical (unpaired) electrons. The van der Waals surface area contributed by atoms with E-state index in [-0.39, 0.29) is 59.6 Å². The largest absolute Gasteiger partial charge is 0.444 e. The summed E-state index contributed by atoms with van der Waals surface area (Å²) in [5, 5.41) is 9.08. The maximum atomic E-state index is 14.2. The maximum Gasteiger partial charge on any atom is 0.329 e. The number of amides is 4. The van der Waals surface area contributed by atoms with Crippen LogP contribution in [-0.2, 0) is 34.4 Å². The van der Waals surface area contributed by atoms with Crippen molar-refractivity contribution in [3.8, 4) is 11.5 Å². The molecule has 4 aromatic heterocycles. The van der Waals surface area contributed by atoms with E-state index in [4.69, 9.17) is 4.42 Å². The van der Waals surface area contributed by atoms with E-state index in [2.05, 4.69) is 30.6 Å². The Balaban J connectivity index is 0.748. The van der Waals surface area contributed by atoms with Gasteiger partial charge in [-0.05, 0) is 99.7 Å². The molecular formula is C44H50F2N10O6. The van der Waals surface area contributed by atoms with Crippen LogP contribution in [-0.4, -0.2) is 88.5 Å². The van der Waals surface area contributed by atoms with Gasteiger partial charge >= 0.3 is 5.69 Å². The van der Waals surface area contributed by atoms with Crippen molar-refractivity contribution in [1.82, 2.24) is 44.0 Å². The molecule has 1 saturated carbocycles. The van der Waals surface area contributed by atoms with Gasteiger partial charge in [0.05, 0.1) is 22.8 Å². The van der Waals surface area contributed by atoms with Gasteiger partial charge in [0.2, 0.25) is 23.6 Å². The van der Waals surface area contributed by atoms with Crippen LogP contribution in [0.25, 0.3) is 22.5 Å². The number of imidazole rings is 1. The number of oxazole rings is 1. The van der Waals surface area contributed by atoms with Crippen LogP contribution in [0.15, 0.2) is 58.2 Å². The number of carbonyl (C=O) groups is 4. The number of hydrogen-bond donors (Lipinski definition) is 2. The van der Waals surface area contributed by atoms with Gasteiger partial charge in [0.15, 0.2) is 11.4 Å². The minimum absolute atomic E-state index is 0.0470. The molecule has 2 N–H and O–H groups in total. The summed E-state index contributed by atoms with van der Waals surface area (Å²) in [5.41, 5.74) is 3.04. The monoisotopic (exact) mass is 852 g/mol. The molecule has 0 spiro atoms. The number of aromatic nitrogens is 6. The van der Waals surface area contributed by atoms with Gasteiger partial charge in [0, 0.05) is 63.2 Å². The first-order chi connectivity index (χ1) is 30.0. The third-order valence-corrected chi connectivity index (χ3v) is 13.0. The molecule has 62 heavy (non-hydrogen) atoms. The highest BCUT2D eigenvalue weighted by molar-refractivity contribution is 6.03. The van der Waals surface area contributed by atoms with Crippen molar-refractivity contribution in [3.63, 3.8) is 0 Å². The first-order valence-electron chi connectivity index (χ1n) is 21.6. The fourth-order valence-electron chi connectivity index (χ4n) is 9.15. The Bertz CT molecular complexity index is 2560. The zero-order chi connectivity index (χ0) is 43.1. The number of anilines is 1. The number of rotatable bonds is 13. The molecule has 1 aliphatic carbocycles. The molecule has 3 saturated heterocycles. The van der Waals surface area contributed by atoms with Crippen LogP contribution >= 0.6 is 0 Å². The molecule has 16 nitrogen and oxygen atoms in total. The summed E-state index contributed by atoms with van der Waals surface area (Å²) in [5.74, 6) is -0.140. The lowest BCUT2D eigenvalue weighted by Crippen LogP contribution is -2.44. The predicted molar refractivity (Wildman–Crippen MR) is 222 cm³/mol. The van der Waals surface area contributed by atoms with E-state index in [9.17, 15) is 32.8 Å². The highest BCUT2D eigenvalue weighted by Gasteiger charge is 2.33. The van der Waals surface area contributed by atoms with E-state index in [0.717, 1.165) is 61.5 Å². The molecule has 0 bridgehead atoms. The zero-order valence-corrected chi connectivity index (χ0v) is 34.6. The maximum absolute atomic E-state index is 14.2. The number of halogens is 2. The van der Waals surface area contributed by atoms with Gasteiger partial charge in [-0.1, -0.05) is 18.9 Å². The second-order valence-electron chi connectivity index (χ2n) is 17.3. The van der Waals surface area contributed by atoms with E-state index in [1.807, 2.05) is 29.2 Å². The first-order valence-corrected chi connectivity index (χ1v) is 21.6. The molecule has 9 rings (SSSR count). The van der Waals surface area contributed by atoms with Crippen LogP contribution in [0.2, 0.25) is 0 Å². The Kier molecular flexibility index (Phi) is 11.6. The van der Waals surface area contributed by atoms with Crippen molar-refractivity contribution < 1.29 is 32.4 Å². The summed E-state index contributed by atoms with van der Waals surface area (Å²) >= 11 is 0. The number of alkyl halides is 2. The average Bonchev–Trinajstić information content (AvgIpc) is 3.68. The van der Waals surface area contributed by atoms with Crippen molar-refractivity contribution in [1.29, 1.82) is 0 Å². The lowest BCUT2D eigenvalue weighted by molar-refractivity contribution is -0.136. The number of imide groups is 1. The molecule has 1 unspecified atom stereocenters. The van der Waals surface area contributed by atoms with Gasteiger partial charge in [0.1, 0.15) is 12.3 Å². The van der Waals surface area contributed by atoms with Crippen LogP contribution in [0.1, 0.15) is 110 Å². The fraction of sp³-hybridized carbons (Fsp3) is 0.500. The number of benzene rings is 1. The Morgan fingerprint density at radius 1 is 0.952 bits per heavy atom. The van der Waals surface area contributed by atoms with Gasteiger partial charge in [-0.3, -0.25) is 48.2 Å². The number of carbonyl (C=O) groups excluding carboxylic acids is 4. The van der Waals surface area contributed by atoms with Crippen LogP contribution in [0.5, 0.6) is 0 Å². The third-order valence-electron chi connectivity index (χ3n) is 13.0. The van der Waals surface area contributed by atoms with Crippen LogP contribution in [0.4, 0.5) is 14.5 Å². The molecule has 1 aromatic carbocycles. The standard InChI is InChI=1S/C44H50F2N10O6/c1-52-36-20-28(5-7-34(36)56(44(52)61)35-8-9-37(57)50-42(35)60)23-53-16-11-27(12-17-53)21-38(58)54-18-13-31(14-19-54)55-24-32(39(51-55)40(45)46)48-41(59)33-25-62-43(49-33)29-10-15-47-30(22-29)6-4-26-2-3-26/h5,7,10,15,20,22,24-27,31,35,40H,2-4,6,8-9,11-14,16-19,21,23H2,1H3,(H,48,59)(H,50,57,60). The molecule has 4 fully saturated rings. The van der Waals surface area contributed by atoms with E-state index >= 15 is 0 Å². The molecular weight excluding hydrogens is 803 g/mol. The van der Waals surface area contributed by atoms with Crippen LogP contribution in [0, 0.1) is 11.8 Å². The summed E-state index contributed by atoms with van der Waals surface area (Å²) in [4.78, 5) is 77.0. The second-order valence-corrected chi connectivity index (χ2v) is 17.3. The summed E-state index contributed by atoms with van der Waals surface area (Å²) in [6, 6.07) is 8.52. The Morgan fingerprint density at radius 2 is 1.74 bits per heavy atom. The lowest BCUT2D eigenvalue weighted by atomic mass is 9.92. The van der Waals surface area contributed by atoms with Crippen LogP contribution in [0.3, 0.4) is 0 Å². The Labute approximate surface area is 355 Å². The highest BCUT2D eigenvalue weighted by Crippen LogP contribution is 2.34. The second kappa shape index (κ2) is 17.4. The fourth-order valence-corrected chi connectivity index (χ4v) is 9.15. The Hall–Kier alpha value is -6.04. The summed E-state index contributed by atoms with van der Waals surface area (Å²) < 4.78 is 38.4. The molecule has 4 aliphatic rings. The quantitative estimate of drug-likeness (QED) is 0.142. The number of aryl methyl sites for hydroxylation is 2.